The molecule has 1 saturated carbocycles. The molecule has 0 radical (unpaired) electrons. The molecule has 0 spiro atoms. The Bertz CT molecular complexity index is 757. The fourth-order valence-electron chi connectivity index (χ4n) is 3.87. The number of hydrogen-bond acceptors (Lipinski definition) is 5. The number of imide groups is 1. The van der Waals surface area contributed by atoms with E-state index in [4.69, 9.17) is 4.84 Å². The quantitative estimate of drug-likeness (QED) is 0.232. The zero-order chi connectivity index (χ0) is 31.0. The first-order chi connectivity index (χ1) is 18.8. The minimum absolute atomic E-state index is 0.0928. The molecule has 1 atom stereocenters. The second-order valence-corrected chi connectivity index (χ2v) is 8.79. The maximum atomic E-state index is 12.6. The minimum Gasteiger partial charge on any atom is -0.325 e. The lowest BCUT2D eigenvalue weighted by atomic mass is 9.84. The van der Waals surface area contributed by atoms with Crippen molar-refractivity contribution < 1.29 is 19.2 Å². The van der Waals surface area contributed by atoms with Crippen molar-refractivity contribution in [2.45, 2.75) is 134 Å². The van der Waals surface area contributed by atoms with Gasteiger partial charge in [-0.05, 0) is 86.7 Å². The van der Waals surface area contributed by atoms with Crippen molar-refractivity contribution >= 4 is 17.8 Å². The van der Waals surface area contributed by atoms with Crippen molar-refractivity contribution in [1.29, 1.82) is 0 Å². The van der Waals surface area contributed by atoms with Gasteiger partial charge >= 0.3 is 5.97 Å². The van der Waals surface area contributed by atoms with Crippen LogP contribution in [0.3, 0.4) is 0 Å². The number of nitrogens with zero attached hydrogens (tertiary/aromatic N) is 1. The second kappa shape index (κ2) is 26.0. The summed E-state index contributed by atoms with van der Waals surface area (Å²) in [6.07, 6.45) is 4.91. The highest BCUT2D eigenvalue weighted by Crippen LogP contribution is 2.31. The molecule has 3 rings (SSSR count). The topological polar surface area (TPSA) is 75.7 Å². The van der Waals surface area contributed by atoms with Crippen LogP contribution in [-0.2, 0) is 14.4 Å². The zero-order valence-electron chi connectivity index (χ0n) is 27.7. The minimum atomic E-state index is -0.662. The number of nitrogens with one attached hydrogen (secondary N) is 1. The molecule has 1 aliphatic carbocycles. The lowest BCUT2D eigenvalue weighted by molar-refractivity contribution is -0.172. The van der Waals surface area contributed by atoms with Crippen LogP contribution in [0.4, 0.5) is 0 Å². The Morgan fingerprint density at radius 2 is 1.44 bits per heavy atom. The van der Waals surface area contributed by atoms with Gasteiger partial charge in [-0.25, -0.2) is 4.79 Å². The van der Waals surface area contributed by atoms with Crippen molar-refractivity contribution in [1.82, 2.24) is 10.4 Å². The zero-order valence-corrected chi connectivity index (χ0v) is 27.7. The molecule has 0 aromatic heterocycles. The van der Waals surface area contributed by atoms with E-state index in [0.717, 1.165) is 43.0 Å². The summed E-state index contributed by atoms with van der Waals surface area (Å²) in [5.74, 6) is 0.146. The molecule has 1 aromatic rings. The SMILES string of the molecule is CC.CC.CC.CC.CC.Cc1ccc(C(=O)ON2C(=O)CCC2=O)cc1C(CCNCC1CC1)CC(C)C. The van der Waals surface area contributed by atoms with Gasteiger partial charge in [0.15, 0.2) is 0 Å². The van der Waals surface area contributed by atoms with Crippen LogP contribution < -0.4 is 5.32 Å². The maximum absolute atomic E-state index is 12.6. The molecular weight excluding hydrogens is 488 g/mol. The van der Waals surface area contributed by atoms with E-state index in [9.17, 15) is 14.4 Å². The Balaban J connectivity index is -0.00000116. The highest BCUT2D eigenvalue weighted by Gasteiger charge is 2.33. The normalized spacial score (nSPS) is 14.1. The van der Waals surface area contributed by atoms with Gasteiger partial charge in [0.1, 0.15) is 0 Å². The summed E-state index contributed by atoms with van der Waals surface area (Å²) >= 11 is 0. The summed E-state index contributed by atoms with van der Waals surface area (Å²) < 4.78 is 0. The summed E-state index contributed by atoms with van der Waals surface area (Å²) in [7, 11) is 0. The number of benzene rings is 1. The van der Waals surface area contributed by atoms with Crippen LogP contribution in [-0.4, -0.2) is 35.9 Å². The summed E-state index contributed by atoms with van der Waals surface area (Å²) in [6.45, 7) is 28.5. The molecule has 1 N–H and O–H groups in total. The number of amides is 2. The van der Waals surface area contributed by atoms with Crippen molar-refractivity contribution in [2.75, 3.05) is 13.1 Å². The first-order valence-electron chi connectivity index (χ1n) is 15.7. The van der Waals surface area contributed by atoms with Crippen molar-refractivity contribution in [3.63, 3.8) is 0 Å². The highest BCUT2D eigenvalue weighted by molar-refractivity contribution is 6.02. The Morgan fingerprint density at radius 3 is 1.90 bits per heavy atom. The molecule has 6 heteroatoms. The second-order valence-electron chi connectivity index (χ2n) is 8.79. The molecule has 1 aromatic carbocycles. The van der Waals surface area contributed by atoms with Crippen LogP contribution in [0.5, 0.6) is 0 Å². The standard InChI is InChI=1S/C23H32N2O4.5C2H6/c1-15(2)12-18(10-11-24-14-17-5-6-17)20-13-19(7-4-16(20)3)23(28)29-25-21(26)8-9-22(25)27;5*1-2/h4,7,13,15,17-18,24H,5-6,8-12,14H2,1-3H3;5*1-2H3. The van der Waals surface area contributed by atoms with E-state index in [-0.39, 0.29) is 12.8 Å². The van der Waals surface area contributed by atoms with Gasteiger partial charge in [-0.1, -0.05) is 89.2 Å². The third kappa shape index (κ3) is 16.5. The number of hydroxylamine groups is 2. The number of rotatable bonds is 10. The van der Waals surface area contributed by atoms with Crippen LogP contribution in [0.1, 0.15) is 149 Å². The van der Waals surface area contributed by atoms with Gasteiger partial charge in [-0.3, -0.25) is 9.59 Å². The molecule has 2 aliphatic rings. The molecule has 39 heavy (non-hydrogen) atoms. The van der Waals surface area contributed by atoms with E-state index < -0.39 is 17.8 Å². The molecule has 1 unspecified atom stereocenters. The molecule has 1 aliphatic heterocycles. The average Bonchev–Trinajstić information content (AvgIpc) is 3.76. The van der Waals surface area contributed by atoms with Crippen LogP contribution in [0.25, 0.3) is 0 Å². The summed E-state index contributed by atoms with van der Waals surface area (Å²) in [4.78, 5) is 41.1. The predicted molar refractivity (Wildman–Crippen MR) is 167 cm³/mol. The molecule has 1 saturated heterocycles. The fourth-order valence-corrected chi connectivity index (χ4v) is 3.87. The smallest absolute Gasteiger partial charge is 0.325 e. The Labute approximate surface area is 241 Å². The van der Waals surface area contributed by atoms with Crippen LogP contribution >= 0.6 is 0 Å². The Kier molecular flexibility index (Phi) is 27.6. The van der Waals surface area contributed by atoms with Gasteiger partial charge in [0.2, 0.25) is 0 Å². The Morgan fingerprint density at radius 1 is 0.923 bits per heavy atom. The third-order valence-corrected chi connectivity index (χ3v) is 5.69. The van der Waals surface area contributed by atoms with E-state index >= 15 is 0 Å². The monoisotopic (exact) mass is 550 g/mol. The summed E-state index contributed by atoms with van der Waals surface area (Å²) in [5.41, 5.74) is 2.65. The lowest BCUT2D eigenvalue weighted by Gasteiger charge is -2.22. The molecule has 2 amide bonds. The summed E-state index contributed by atoms with van der Waals surface area (Å²) in [6, 6.07) is 5.49. The van der Waals surface area contributed by atoms with Crippen LogP contribution in [0, 0.1) is 18.8 Å². The highest BCUT2D eigenvalue weighted by atomic mass is 16.7. The molecule has 1 heterocycles. The van der Waals surface area contributed by atoms with E-state index in [0.29, 0.717) is 22.5 Å². The van der Waals surface area contributed by atoms with E-state index in [1.807, 2.05) is 81.4 Å². The van der Waals surface area contributed by atoms with Crippen LogP contribution in [0.2, 0.25) is 0 Å². The largest absolute Gasteiger partial charge is 0.363 e. The van der Waals surface area contributed by atoms with Gasteiger partial charge in [0.25, 0.3) is 11.8 Å². The van der Waals surface area contributed by atoms with Gasteiger partial charge in [-0.2, -0.15) is 0 Å². The van der Waals surface area contributed by atoms with E-state index in [1.54, 1.807) is 6.07 Å². The first kappa shape index (κ1) is 41.3. The number of carbonyl (C=O) groups excluding carboxylic acids is 3. The van der Waals surface area contributed by atoms with Crippen LogP contribution in [0.15, 0.2) is 18.2 Å². The molecule has 228 valence electrons. The Hall–Kier alpha value is -2.21. The molecule has 2 fully saturated rings. The number of aryl methyl sites for hydroxylation is 1. The maximum Gasteiger partial charge on any atom is 0.363 e. The van der Waals surface area contributed by atoms with Gasteiger partial charge in [0.05, 0.1) is 5.56 Å². The van der Waals surface area contributed by atoms with Crippen molar-refractivity contribution in [3.8, 4) is 0 Å². The van der Waals surface area contributed by atoms with Crippen molar-refractivity contribution in [2.24, 2.45) is 11.8 Å². The number of hydrogen-bond donors (Lipinski definition) is 1. The average molecular weight is 551 g/mol. The molecule has 0 bridgehead atoms. The molecular formula is C33H62N2O4. The van der Waals surface area contributed by atoms with E-state index in [2.05, 4.69) is 26.1 Å². The lowest BCUT2D eigenvalue weighted by Crippen LogP contribution is -2.32. The van der Waals surface area contributed by atoms with Crippen molar-refractivity contribution in [3.05, 3.63) is 34.9 Å². The predicted octanol–water partition coefficient (Wildman–Crippen LogP) is 8.87. The fraction of sp³-hybridized carbons (Fsp3) is 0.727. The first-order valence-corrected chi connectivity index (χ1v) is 15.7. The van der Waals surface area contributed by atoms with E-state index in [1.165, 1.54) is 12.8 Å². The summed E-state index contributed by atoms with van der Waals surface area (Å²) in [5, 5.41) is 4.17. The van der Waals surface area contributed by atoms with Gasteiger partial charge in [-0.15, -0.1) is 5.06 Å². The van der Waals surface area contributed by atoms with Gasteiger partial charge < -0.3 is 10.2 Å². The molecule has 6 nitrogen and oxygen atoms in total. The third-order valence-electron chi connectivity index (χ3n) is 5.69. The van der Waals surface area contributed by atoms with Gasteiger partial charge in [0, 0.05) is 12.8 Å². The number of carbonyl (C=O) groups is 3.